The molecule has 0 saturated heterocycles. The van der Waals surface area contributed by atoms with Gasteiger partial charge in [-0.2, -0.15) is 0 Å². The number of nitrogens with zero attached hydrogens (tertiary/aromatic N) is 1. The highest BCUT2D eigenvalue weighted by Gasteiger charge is 2.42. The van der Waals surface area contributed by atoms with Crippen molar-refractivity contribution in [3.63, 3.8) is 0 Å². The molecule has 4 heteroatoms. The van der Waals surface area contributed by atoms with Crippen LogP contribution in [0.4, 0.5) is 0 Å². The number of pyridine rings is 1. The SMILES string of the molecule is CNCC1(COc2ccc(C)nc2Cl)CC(C)C1. The molecule has 3 nitrogen and oxygen atoms in total. The summed E-state index contributed by atoms with van der Waals surface area (Å²) in [6, 6.07) is 3.83. The predicted octanol–water partition coefficient (Wildman–Crippen LogP) is 3.06. The fraction of sp³-hybridized carbons (Fsp3) is 0.643. The highest BCUT2D eigenvalue weighted by Crippen LogP contribution is 2.45. The molecule has 18 heavy (non-hydrogen) atoms. The van der Waals surface area contributed by atoms with Crippen molar-refractivity contribution in [1.82, 2.24) is 10.3 Å². The average Bonchev–Trinajstić information content (AvgIpc) is 2.26. The van der Waals surface area contributed by atoms with E-state index in [9.17, 15) is 0 Å². The minimum Gasteiger partial charge on any atom is -0.490 e. The van der Waals surface area contributed by atoms with Gasteiger partial charge in [-0.05, 0) is 44.9 Å². The third-order valence-corrected chi connectivity index (χ3v) is 3.87. The summed E-state index contributed by atoms with van der Waals surface area (Å²) in [5.74, 6) is 1.49. The maximum absolute atomic E-state index is 6.07. The van der Waals surface area contributed by atoms with Crippen LogP contribution in [-0.2, 0) is 0 Å². The first-order valence-corrected chi connectivity index (χ1v) is 6.83. The fourth-order valence-electron chi connectivity index (χ4n) is 2.96. The number of ether oxygens (including phenoxy) is 1. The molecule has 1 aromatic rings. The Labute approximate surface area is 114 Å². The van der Waals surface area contributed by atoms with Gasteiger partial charge in [0, 0.05) is 17.7 Å². The lowest BCUT2D eigenvalue weighted by atomic mass is 9.63. The number of nitrogens with one attached hydrogen (secondary N) is 1. The van der Waals surface area contributed by atoms with Crippen molar-refractivity contribution in [3.05, 3.63) is 23.0 Å². The van der Waals surface area contributed by atoms with Gasteiger partial charge in [0.2, 0.25) is 0 Å². The van der Waals surface area contributed by atoms with E-state index in [0.29, 0.717) is 17.5 Å². The number of aromatic nitrogens is 1. The molecule has 1 fully saturated rings. The molecule has 0 aromatic carbocycles. The lowest BCUT2D eigenvalue weighted by Gasteiger charge is -2.46. The van der Waals surface area contributed by atoms with E-state index in [1.807, 2.05) is 26.1 Å². The van der Waals surface area contributed by atoms with Gasteiger partial charge < -0.3 is 10.1 Å². The first-order chi connectivity index (χ1) is 8.54. The topological polar surface area (TPSA) is 34.1 Å². The molecule has 1 N–H and O–H groups in total. The van der Waals surface area contributed by atoms with Crippen LogP contribution in [0.5, 0.6) is 5.75 Å². The summed E-state index contributed by atoms with van der Waals surface area (Å²) in [6.07, 6.45) is 2.43. The first kappa shape index (κ1) is 13.6. The highest BCUT2D eigenvalue weighted by molar-refractivity contribution is 6.30. The second-order valence-corrected chi connectivity index (χ2v) is 5.93. The summed E-state index contributed by atoms with van der Waals surface area (Å²) >= 11 is 6.07. The van der Waals surface area contributed by atoms with E-state index in [-0.39, 0.29) is 5.41 Å². The van der Waals surface area contributed by atoms with Crippen LogP contribution in [0.1, 0.15) is 25.5 Å². The van der Waals surface area contributed by atoms with Gasteiger partial charge in [0.25, 0.3) is 0 Å². The summed E-state index contributed by atoms with van der Waals surface area (Å²) < 4.78 is 5.87. The zero-order valence-electron chi connectivity index (χ0n) is 11.3. The molecule has 1 aliphatic rings. The van der Waals surface area contributed by atoms with Crippen molar-refractivity contribution in [2.45, 2.75) is 26.7 Å². The van der Waals surface area contributed by atoms with Crippen LogP contribution in [-0.4, -0.2) is 25.2 Å². The minimum atomic E-state index is 0.266. The highest BCUT2D eigenvalue weighted by atomic mass is 35.5. The predicted molar refractivity (Wildman–Crippen MR) is 74.2 cm³/mol. The second kappa shape index (κ2) is 5.45. The molecule has 2 rings (SSSR count). The molecule has 0 aliphatic heterocycles. The van der Waals surface area contributed by atoms with E-state index >= 15 is 0 Å². The van der Waals surface area contributed by atoms with E-state index in [2.05, 4.69) is 17.2 Å². The Bertz CT molecular complexity index is 411. The van der Waals surface area contributed by atoms with Gasteiger partial charge in [-0.15, -0.1) is 0 Å². The molecule has 0 atom stereocenters. The number of halogens is 1. The molecule has 0 amide bonds. The van der Waals surface area contributed by atoms with Crippen LogP contribution < -0.4 is 10.1 Å². The zero-order valence-corrected chi connectivity index (χ0v) is 12.0. The van der Waals surface area contributed by atoms with Gasteiger partial charge in [-0.1, -0.05) is 18.5 Å². The molecule has 1 aromatic heterocycles. The number of aryl methyl sites for hydroxylation is 1. The molecule has 0 bridgehead atoms. The minimum absolute atomic E-state index is 0.266. The summed E-state index contributed by atoms with van der Waals surface area (Å²) in [5, 5.41) is 3.72. The Morgan fingerprint density at radius 1 is 1.50 bits per heavy atom. The molecular weight excluding hydrogens is 248 g/mol. The van der Waals surface area contributed by atoms with Gasteiger partial charge in [-0.25, -0.2) is 4.98 Å². The molecule has 1 saturated carbocycles. The third-order valence-electron chi connectivity index (χ3n) is 3.60. The van der Waals surface area contributed by atoms with Crippen molar-refractivity contribution in [3.8, 4) is 5.75 Å². The zero-order chi connectivity index (χ0) is 13.2. The van der Waals surface area contributed by atoms with Crippen LogP contribution in [0.3, 0.4) is 0 Å². The third kappa shape index (κ3) is 2.96. The van der Waals surface area contributed by atoms with Gasteiger partial charge in [0.05, 0.1) is 6.61 Å². The number of hydrogen-bond donors (Lipinski definition) is 1. The summed E-state index contributed by atoms with van der Waals surface area (Å²) in [7, 11) is 1.99. The van der Waals surface area contributed by atoms with Gasteiger partial charge in [0.1, 0.15) is 0 Å². The molecule has 0 radical (unpaired) electrons. The van der Waals surface area contributed by atoms with E-state index in [0.717, 1.165) is 18.2 Å². The van der Waals surface area contributed by atoms with Gasteiger partial charge in [-0.3, -0.25) is 0 Å². The summed E-state index contributed by atoms with van der Waals surface area (Å²) in [6.45, 7) is 5.91. The average molecular weight is 269 g/mol. The quantitative estimate of drug-likeness (QED) is 0.834. The smallest absolute Gasteiger partial charge is 0.171 e. The number of hydrogen-bond acceptors (Lipinski definition) is 3. The molecule has 0 unspecified atom stereocenters. The van der Waals surface area contributed by atoms with E-state index in [1.165, 1.54) is 12.8 Å². The van der Waals surface area contributed by atoms with E-state index in [4.69, 9.17) is 16.3 Å². The van der Waals surface area contributed by atoms with Crippen molar-refractivity contribution in [2.24, 2.45) is 11.3 Å². The largest absolute Gasteiger partial charge is 0.490 e. The molecule has 1 heterocycles. The van der Waals surface area contributed by atoms with Crippen LogP contribution in [0.2, 0.25) is 5.15 Å². The van der Waals surface area contributed by atoms with Crippen molar-refractivity contribution < 1.29 is 4.74 Å². The van der Waals surface area contributed by atoms with Crippen LogP contribution in [0, 0.1) is 18.3 Å². The van der Waals surface area contributed by atoms with Crippen LogP contribution >= 0.6 is 11.6 Å². The Kier molecular flexibility index (Phi) is 4.13. The normalized spacial score (nSPS) is 26.8. The molecular formula is C14H21ClN2O. The van der Waals surface area contributed by atoms with E-state index < -0.39 is 0 Å². The van der Waals surface area contributed by atoms with Gasteiger partial charge >= 0.3 is 0 Å². The number of rotatable bonds is 5. The Morgan fingerprint density at radius 2 is 2.22 bits per heavy atom. The first-order valence-electron chi connectivity index (χ1n) is 6.45. The Morgan fingerprint density at radius 3 is 2.78 bits per heavy atom. The second-order valence-electron chi connectivity index (χ2n) is 5.57. The Balaban J connectivity index is 1.97. The van der Waals surface area contributed by atoms with Crippen LogP contribution in [0.25, 0.3) is 0 Å². The van der Waals surface area contributed by atoms with Crippen LogP contribution in [0.15, 0.2) is 12.1 Å². The van der Waals surface area contributed by atoms with Crippen molar-refractivity contribution in [2.75, 3.05) is 20.2 Å². The molecule has 100 valence electrons. The summed E-state index contributed by atoms with van der Waals surface area (Å²) in [4.78, 5) is 4.20. The molecule has 1 aliphatic carbocycles. The Hall–Kier alpha value is -0.800. The van der Waals surface area contributed by atoms with E-state index in [1.54, 1.807) is 0 Å². The maximum atomic E-state index is 6.07. The molecule has 0 spiro atoms. The monoisotopic (exact) mass is 268 g/mol. The lowest BCUT2D eigenvalue weighted by molar-refractivity contribution is 0.0148. The van der Waals surface area contributed by atoms with Crippen molar-refractivity contribution in [1.29, 1.82) is 0 Å². The fourth-order valence-corrected chi connectivity index (χ4v) is 3.21. The van der Waals surface area contributed by atoms with Gasteiger partial charge in [0.15, 0.2) is 10.9 Å². The lowest BCUT2D eigenvalue weighted by Crippen LogP contribution is -2.47. The maximum Gasteiger partial charge on any atom is 0.171 e. The summed E-state index contributed by atoms with van der Waals surface area (Å²) in [5.41, 5.74) is 1.18. The standard InChI is InChI=1S/C14H21ClN2O/c1-10-6-14(7-10,8-16-3)9-18-12-5-4-11(2)17-13(12)15/h4-5,10,16H,6-9H2,1-3H3. The van der Waals surface area contributed by atoms with Crippen molar-refractivity contribution >= 4 is 11.6 Å².